The van der Waals surface area contributed by atoms with Crippen LogP contribution in [0.15, 0.2) is 0 Å². The minimum absolute atomic E-state index is 0.0731. The average Bonchev–Trinajstić information content (AvgIpc) is 2.28. The number of likely N-dealkylation sites (N-methyl/N-ethyl adjacent to an activating group) is 1. The van der Waals surface area contributed by atoms with Gasteiger partial charge in [-0.1, -0.05) is 13.8 Å². The van der Waals surface area contributed by atoms with Crippen molar-refractivity contribution in [2.75, 3.05) is 31.6 Å². The molecule has 0 bridgehead atoms. The van der Waals surface area contributed by atoms with E-state index in [0.717, 1.165) is 0 Å². The largest absolute Gasteiger partial charge is 0.340 e. The fourth-order valence-electron chi connectivity index (χ4n) is 1.82. The van der Waals surface area contributed by atoms with Gasteiger partial charge >= 0.3 is 0 Å². The van der Waals surface area contributed by atoms with Gasteiger partial charge in [0.1, 0.15) is 6.04 Å². The molecule has 6 heteroatoms. The molecule has 94 valence electrons. The Labute approximate surface area is 97.1 Å². The second-order valence-corrected chi connectivity index (χ2v) is 6.86. The summed E-state index contributed by atoms with van der Waals surface area (Å²) in [5.41, 5.74) is 0. The van der Waals surface area contributed by atoms with Gasteiger partial charge in [-0.25, -0.2) is 8.42 Å². The molecule has 0 aromatic rings. The molecule has 0 spiro atoms. The van der Waals surface area contributed by atoms with Gasteiger partial charge in [0, 0.05) is 13.1 Å². The number of amides is 1. The molecule has 1 fully saturated rings. The highest BCUT2D eigenvalue weighted by molar-refractivity contribution is 7.91. The van der Waals surface area contributed by atoms with Crippen LogP contribution in [0, 0.1) is 5.92 Å². The third-order valence-electron chi connectivity index (χ3n) is 2.64. The van der Waals surface area contributed by atoms with E-state index in [1.165, 1.54) is 0 Å². The second-order valence-electron chi connectivity index (χ2n) is 4.63. The number of sulfone groups is 1. The van der Waals surface area contributed by atoms with E-state index in [9.17, 15) is 13.2 Å². The Morgan fingerprint density at radius 2 is 2.12 bits per heavy atom. The summed E-state index contributed by atoms with van der Waals surface area (Å²) in [6.07, 6.45) is 0. The van der Waals surface area contributed by atoms with Crippen LogP contribution in [0.4, 0.5) is 0 Å². The molecule has 1 rings (SSSR count). The first-order chi connectivity index (χ1) is 7.35. The number of nitrogens with one attached hydrogen (secondary N) is 1. The maximum absolute atomic E-state index is 12.0. The highest BCUT2D eigenvalue weighted by Crippen LogP contribution is 2.09. The standard InChI is InChI=1S/C10H20N2O3S/c1-8(2)6-12-4-5-16(14,15)7-9(11-3)10(12)13/h8-9,11H,4-7H2,1-3H3. The van der Waals surface area contributed by atoms with Crippen molar-refractivity contribution in [2.45, 2.75) is 19.9 Å². The fraction of sp³-hybridized carbons (Fsp3) is 0.900. The van der Waals surface area contributed by atoms with Gasteiger partial charge in [-0.05, 0) is 13.0 Å². The van der Waals surface area contributed by atoms with Gasteiger partial charge in [0.15, 0.2) is 9.84 Å². The van der Waals surface area contributed by atoms with Crippen LogP contribution in [0.25, 0.3) is 0 Å². The molecule has 5 nitrogen and oxygen atoms in total. The summed E-state index contributed by atoms with van der Waals surface area (Å²) >= 11 is 0. The summed E-state index contributed by atoms with van der Waals surface area (Å²) in [4.78, 5) is 13.6. The van der Waals surface area contributed by atoms with Crippen LogP contribution >= 0.6 is 0 Å². The van der Waals surface area contributed by atoms with Crippen LogP contribution in [-0.4, -0.2) is 56.9 Å². The number of nitrogens with zero attached hydrogens (tertiary/aromatic N) is 1. The minimum Gasteiger partial charge on any atom is -0.340 e. The van der Waals surface area contributed by atoms with Gasteiger partial charge in [-0.15, -0.1) is 0 Å². The highest BCUT2D eigenvalue weighted by Gasteiger charge is 2.32. The molecule has 0 radical (unpaired) electrons. The monoisotopic (exact) mass is 248 g/mol. The van der Waals surface area contributed by atoms with Gasteiger partial charge in [-0.3, -0.25) is 4.79 Å². The Bertz CT molecular complexity index is 351. The van der Waals surface area contributed by atoms with E-state index >= 15 is 0 Å². The first-order valence-corrected chi connectivity index (χ1v) is 7.34. The average molecular weight is 248 g/mol. The van der Waals surface area contributed by atoms with Gasteiger partial charge < -0.3 is 10.2 Å². The van der Waals surface area contributed by atoms with Crippen LogP contribution in [0.2, 0.25) is 0 Å². The van der Waals surface area contributed by atoms with E-state index in [2.05, 4.69) is 5.32 Å². The lowest BCUT2D eigenvalue weighted by atomic mass is 10.2. The normalized spacial score (nSPS) is 25.9. The van der Waals surface area contributed by atoms with E-state index in [4.69, 9.17) is 0 Å². The van der Waals surface area contributed by atoms with E-state index < -0.39 is 15.9 Å². The first-order valence-electron chi connectivity index (χ1n) is 5.52. The molecule has 1 unspecified atom stereocenters. The van der Waals surface area contributed by atoms with Crippen LogP contribution < -0.4 is 5.32 Å². The zero-order valence-electron chi connectivity index (χ0n) is 10.1. The number of carbonyl (C=O) groups excluding carboxylic acids is 1. The molecule has 16 heavy (non-hydrogen) atoms. The topological polar surface area (TPSA) is 66.5 Å². The molecule has 1 N–H and O–H groups in total. The molecule has 0 saturated carbocycles. The Morgan fingerprint density at radius 3 is 2.62 bits per heavy atom. The molecule has 0 aromatic heterocycles. The molecule has 1 aliphatic heterocycles. The quantitative estimate of drug-likeness (QED) is 0.730. The van der Waals surface area contributed by atoms with Crippen molar-refractivity contribution < 1.29 is 13.2 Å². The van der Waals surface area contributed by atoms with Crippen molar-refractivity contribution in [1.82, 2.24) is 10.2 Å². The predicted octanol–water partition coefficient (Wildman–Crippen LogP) is -0.513. The summed E-state index contributed by atoms with van der Waals surface area (Å²) < 4.78 is 23.2. The molecule has 1 atom stereocenters. The molecule has 0 aromatic carbocycles. The van der Waals surface area contributed by atoms with Crippen molar-refractivity contribution in [2.24, 2.45) is 5.92 Å². The van der Waals surface area contributed by atoms with Crippen LogP contribution in [0.3, 0.4) is 0 Å². The Balaban J connectivity index is 2.85. The summed E-state index contributed by atoms with van der Waals surface area (Å²) in [5, 5.41) is 2.78. The Morgan fingerprint density at radius 1 is 1.50 bits per heavy atom. The maximum atomic E-state index is 12.0. The molecule has 1 heterocycles. The van der Waals surface area contributed by atoms with E-state index in [1.807, 2.05) is 13.8 Å². The van der Waals surface area contributed by atoms with Crippen molar-refractivity contribution in [3.63, 3.8) is 0 Å². The third kappa shape index (κ3) is 3.45. The number of hydrogen-bond donors (Lipinski definition) is 1. The molecule has 0 aliphatic carbocycles. The Kier molecular flexibility index (Phi) is 4.32. The smallest absolute Gasteiger partial charge is 0.240 e. The van der Waals surface area contributed by atoms with Crippen molar-refractivity contribution >= 4 is 15.7 Å². The summed E-state index contributed by atoms with van der Waals surface area (Å²) in [5.74, 6) is 0.236. The lowest BCUT2D eigenvalue weighted by molar-refractivity contribution is -0.132. The molecule has 1 aliphatic rings. The van der Waals surface area contributed by atoms with E-state index in [0.29, 0.717) is 19.0 Å². The lowest BCUT2D eigenvalue weighted by Gasteiger charge is -2.25. The third-order valence-corrected chi connectivity index (χ3v) is 4.28. The van der Waals surface area contributed by atoms with Crippen LogP contribution in [-0.2, 0) is 14.6 Å². The zero-order chi connectivity index (χ0) is 12.3. The maximum Gasteiger partial charge on any atom is 0.240 e. The highest BCUT2D eigenvalue weighted by atomic mass is 32.2. The van der Waals surface area contributed by atoms with Crippen LogP contribution in [0.5, 0.6) is 0 Å². The SMILES string of the molecule is CNC1CS(=O)(=O)CCN(CC(C)C)C1=O. The van der Waals surface area contributed by atoms with Crippen molar-refractivity contribution in [1.29, 1.82) is 0 Å². The molecular formula is C10H20N2O3S. The van der Waals surface area contributed by atoms with Crippen molar-refractivity contribution in [3.05, 3.63) is 0 Å². The Hall–Kier alpha value is -0.620. The lowest BCUT2D eigenvalue weighted by Crippen LogP contribution is -2.47. The molecule has 1 amide bonds. The van der Waals surface area contributed by atoms with Gasteiger partial charge in [0.05, 0.1) is 11.5 Å². The summed E-state index contributed by atoms with van der Waals surface area (Å²) in [6, 6.07) is -0.591. The number of rotatable bonds is 3. The minimum atomic E-state index is -3.11. The van der Waals surface area contributed by atoms with Gasteiger partial charge in [-0.2, -0.15) is 0 Å². The number of carbonyl (C=O) groups is 1. The van der Waals surface area contributed by atoms with Crippen LogP contribution in [0.1, 0.15) is 13.8 Å². The zero-order valence-corrected chi connectivity index (χ0v) is 10.9. The van der Waals surface area contributed by atoms with Crippen molar-refractivity contribution in [3.8, 4) is 0 Å². The molecule has 1 saturated heterocycles. The van der Waals surface area contributed by atoms with E-state index in [-0.39, 0.29) is 17.4 Å². The first kappa shape index (κ1) is 13.4. The number of hydrogen-bond acceptors (Lipinski definition) is 4. The fourth-order valence-corrected chi connectivity index (χ4v) is 3.30. The van der Waals surface area contributed by atoms with E-state index in [1.54, 1.807) is 11.9 Å². The van der Waals surface area contributed by atoms with Gasteiger partial charge in [0.2, 0.25) is 5.91 Å². The van der Waals surface area contributed by atoms with Gasteiger partial charge in [0.25, 0.3) is 0 Å². The predicted molar refractivity (Wildman–Crippen MR) is 62.9 cm³/mol. The summed E-state index contributed by atoms with van der Waals surface area (Å²) in [6.45, 7) is 4.96. The summed E-state index contributed by atoms with van der Waals surface area (Å²) in [7, 11) is -1.49. The second kappa shape index (κ2) is 5.14. The molecular weight excluding hydrogens is 228 g/mol.